The van der Waals surface area contributed by atoms with E-state index in [1.807, 2.05) is 39.8 Å². The van der Waals surface area contributed by atoms with Crippen LogP contribution in [0.3, 0.4) is 0 Å². The molecule has 0 radical (unpaired) electrons. The zero-order valence-electron chi connectivity index (χ0n) is 13.1. The summed E-state index contributed by atoms with van der Waals surface area (Å²) >= 11 is 0. The van der Waals surface area contributed by atoms with Gasteiger partial charge in [0.2, 0.25) is 0 Å². The Morgan fingerprint density at radius 1 is 0.833 bits per heavy atom. The Morgan fingerprint density at radius 2 is 1.11 bits per heavy atom. The topological polar surface area (TPSA) is 0 Å². The Labute approximate surface area is 137 Å². The van der Waals surface area contributed by atoms with Crippen LogP contribution < -0.4 is 0 Å². The summed E-state index contributed by atoms with van der Waals surface area (Å²) in [4.78, 5) is 0. The molecule has 0 aromatic heterocycles. The molecule has 0 aromatic carbocycles. The fourth-order valence-corrected chi connectivity index (χ4v) is 0.340. The maximum atomic E-state index is 3.49. The van der Waals surface area contributed by atoms with Gasteiger partial charge >= 0.3 is 0 Å². The smallest absolute Gasteiger partial charge is 0 e. The molecule has 0 saturated carbocycles. The molecule has 0 atom stereocenters. The zero-order valence-corrected chi connectivity index (χ0v) is 16.7. The Balaban J connectivity index is -0.0000000398. The van der Waals surface area contributed by atoms with Gasteiger partial charge in [0.05, 0.1) is 0 Å². The van der Waals surface area contributed by atoms with Gasteiger partial charge in [-0.25, -0.2) is 12.2 Å². The third kappa shape index (κ3) is 135. The van der Waals surface area contributed by atoms with Crippen molar-refractivity contribution in [2.45, 2.75) is 59.8 Å². The predicted octanol–water partition coefficient (Wildman–Crippen LogP) is 6.23. The van der Waals surface area contributed by atoms with Crippen molar-refractivity contribution in [1.82, 2.24) is 0 Å². The molecule has 0 fully saturated rings. The van der Waals surface area contributed by atoms with E-state index in [9.17, 15) is 0 Å². The van der Waals surface area contributed by atoms with Crippen LogP contribution in [-0.4, -0.2) is 0 Å². The first kappa shape index (κ1) is 31.0. The SMILES string of the molecule is [C-]1=CC=CC1.[CH2-]CC.[CH2-]CC.[CH2-]CC.[CH2-]CC.[Hf]. The Bertz CT molecular complexity index is 96.8. The summed E-state index contributed by atoms with van der Waals surface area (Å²) in [5.41, 5.74) is 0. The largest absolute Gasteiger partial charge is 0.344 e. The van der Waals surface area contributed by atoms with Crippen LogP contribution in [-0.2, 0) is 25.8 Å². The van der Waals surface area contributed by atoms with Gasteiger partial charge < -0.3 is 27.7 Å². The summed E-state index contributed by atoms with van der Waals surface area (Å²) in [5.74, 6) is 0. The fourth-order valence-electron chi connectivity index (χ4n) is 0.340. The van der Waals surface area contributed by atoms with Crippen LogP contribution in [0, 0.1) is 33.8 Å². The average Bonchev–Trinajstić information content (AvgIpc) is 2.79. The summed E-state index contributed by atoms with van der Waals surface area (Å²) in [7, 11) is 0. The summed E-state index contributed by atoms with van der Waals surface area (Å²) in [6, 6.07) is 0. The van der Waals surface area contributed by atoms with Gasteiger partial charge in [0.1, 0.15) is 0 Å². The van der Waals surface area contributed by atoms with E-state index in [1.165, 1.54) is 0 Å². The number of rotatable bonds is 0. The molecule has 0 aromatic rings. The van der Waals surface area contributed by atoms with E-state index in [-0.39, 0.29) is 25.8 Å². The van der Waals surface area contributed by atoms with E-state index in [0.717, 1.165) is 32.1 Å². The molecule has 0 bridgehead atoms. The summed E-state index contributed by atoms with van der Waals surface area (Å²) in [5, 5.41) is 0. The van der Waals surface area contributed by atoms with Crippen molar-refractivity contribution in [2.75, 3.05) is 0 Å². The first-order chi connectivity index (χ1) is 8.16. The minimum Gasteiger partial charge on any atom is -0.344 e. The van der Waals surface area contributed by atoms with Crippen molar-refractivity contribution in [3.63, 3.8) is 0 Å². The molecule has 0 nitrogen and oxygen atoms in total. The van der Waals surface area contributed by atoms with Crippen LogP contribution in [0.15, 0.2) is 18.2 Å². The second-order valence-corrected chi connectivity index (χ2v) is 3.00. The monoisotopic (exact) mass is 417 g/mol. The van der Waals surface area contributed by atoms with Gasteiger partial charge in [-0.1, -0.05) is 27.7 Å². The summed E-state index contributed by atoms with van der Waals surface area (Å²) in [6.45, 7) is 22.0. The number of allylic oxidation sites excluding steroid dienone is 4. The third-order valence-electron chi connectivity index (χ3n) is 0.586. The van der Waals surface area contributed by atoms with Gasteiger partial charge in [0.15, 0.2) is 0 Å². The summed E-state index contributed by atoms with van der Waals surface area (Å²) < 4.78 is 0. The van der Waals surface area contributed by atoms with Crippen LogP contribution in [0.4, 0.5) is 0 Å². The molecule has 1 heteroatoms. The molecule has 1 aliphatic carbocycles. The number of hydrogen-bond acceptors (Lipinski definition) is 0. The Kier molecular flexibility index (Phi) is 91.4. The van der Waals surface area contributed by atoms with Crippen LogP contribution in [0.1, 0.15) is 59.8 Å². The van der Waals surface area contributed by atoms with Gasteiger partial charge in [-0.05, 0) is 0 Å². The minimum absolute atomic E-state index is 0. The second-order valence-electron chi connectivity index (χ2n) is 3.00. The van der Waals surface area contributed by atoms with Gasteiger partial charge in [0, 0.05) is 25.8 Å². The van der Waals surface area contributed by atoms with Crippen molar-refractivity contribution in [3.8, 4) is 0 Å². The van der Waals surface area contributed by atoms with Crippen LogP contribution >= 0.6 is 0 Å². The molecule has 1 rings (SSSR count). The predicted molar refractivity (Wildman–Crippen MR) is 84.2 cm³/mol. The number of hydrogen-bond donors (Lipinski definition) is 0. The summed E-state index contributed by atoms with van der Waals surface area (Å²) in [6.07, 6.45) is 14.0. The van der Waals surface area contributed by atoms with Crippen LogP contribution in [0.25, 0.3) is 0 Å². The molecule has 1 aliphatic rings. The molecule has 110 valence electrons. The Hall–Kier alpha value is 0.350. The van der Waals surface area contributed by atoms with Crippen LogP contribution in [0.2, 0.25) is 0 Å². The quantitative estimate of drug-likeness (QED) is 0.325. The van der Waals surface area contributed by atoms with Crippen molar-refractivity contribution in [2.24, 2.45) is 0 Å². The van der Waals surface area contributed by atoms with Crippen LogP contribution in [0.5, 0.6) is 0 Å². The Morgan fingerprint density at radius 3 is 1.17 bits per heavy atom. The molecule has 0 unspecified atom stereocenters. The maximum Gasteiger partial charge on any atom is 0 e. The van der Waals surface area contributed by atoms with Crippen molar-refractivity contribution < 1.29 is 25.8 Å². The molecule has 0 amide bonds. The van der Waals surface area contributed by atoms with Crippen molar-refractivity contribution >= 4 is 0 Å². The standard InChI is InChI=1S/C5H5.4C3H7.Hf/c1-2-4-5-3-1;4*1-3-2;/h1-3H,4H2;4*1,3H2,2H3;/q5*-1;. The molecule has 0 heterocycles. The molecule has 0 saturated heterocycles. The normalized spacial score (nSPS) is 8.89. The zero-order chi connectivity index (χ0) is 14.4. The van der Waals surface area contributed by atoms with Crippen molar-refractivity contribution in [1.29, 1.82) is 0 Å². The fraction of sp³-hybridized carbons (Fsp3) is 0.529. The molecular weight excluding hydrogens is 383 g/mol. The first-order valence-corrected chi connectivity index (χ1v) is 6.55. The van der Waals surface area contributed by atoms with E-state index < -0.39 is 0 Å². The van der Waals surface area contributed by atoms with E-state index in [1.54, 1.807) is 0 Å². The van der Waals surface area contributed by atoms with Gasteiger partial charge in [-0.3, -0.25) is 6.08 Å². The first-order valence-electron chi connectivity index (χ1n) is 6.55. The van der Waals surface area contributed by atoms with Gasteiger partial charge in [0.25, 0.3) is 0 Å². The molecule has 18 heavy (non-hydrogen) atoms. The van der Waals surface area contributed by atoms with Crippen molar-refractivity contribution in [3.05, 3.63) is 52.0 Å². The van der Waals surface area contributed by atoms with E-state index in [2.05, 4.69) is 39.8 Å². The molecule has 0 aliphatic heterocycles. The maximum absolute atomic E-state index is 3.49. The van der Waals surface area contributed by atoms with E-state index in [4.69, 9.17) is 0 Å². The minimum atomic E-state index is 0. The molecule has 0 N–H and O–H groups in total. The molecule has 0 spiro atoms. The second kappa shape index (κ2) is 53.1. The van der Waals surface area contributed by atoms with Gasteiger partial charge in [-0.2, -0.15) is 31.8 Å². The van der Waals surface area contributed by atoms with Gasteiger partial charge in [-0.15, -0.1) is 6.42 Å². The van der Waals surface area contributed by atoms with E-state index in [0.29, 0.717) is 0 Å². The third-order valence-corrected chi connectivity index (χ3v) is 0.586. The average molecular weight is 416 g/mol. The molecular formula is C17H33Hf-5. The van der Waals surface area contributed by atoms with E-state index >= 15 is 0 Å².